The molecule has 0 unspecified atom stereocenters. The van der Waals surface area contributed by atoms with Crippen LogP contribution in [0.4, 0.5) is 5.69 Å². The molecular formula is C13H17BrN2O2. The zero-order valence-electron chi connectivity index (χ0n) is 10.2. The van der Waals surface area contributed by atoms with Crippen LogP contribution in [-0.4, -0.2) is 10.5 Å². The highest BCUT2D eigenvalue weighted by Gasteiger charge is 2.30. The maximum atomic E-state index is 11.1. The van der Waals surface area contributed by atoms with Gasteiger partial charge in [-0.1, -0.05) is 41.3 Å². The molecule has 0 bridgehead atoms. The van der Waals surface area contributed by atoms with Crippen LogP contribution in [0.2, 0.25) is 0 Å². The molecule has 5 heteroatoms. The first-order chi connectivity index (χ1) is 8.50. The molecule has 1 saturated carbocycles. The molecule has 18 heavy (non-hydrogen) atoms. The first-order valence-corrected chi connectivity index (χ1v) is 7.01. The second kappa shape index (κ2) is 5.36. The molecule has 0 saturated heterocycles. The van der Waals surface area contributed by atoms with Crippen LogP contribution in [0.15, 0.2) is 22.7 Å². The number of nitrogens with zero attached hydrogens (tertiary/aromatic N) is 1. The summed E-state index contributed by atoms with van der Waals surface area (Å²) in [5, 5.41) is 11.1. The Morgan fingerprint density at radius 2 is 2.00 bits per heavy atom. The molecule has 0 aromatic heterocycles. The molecule has 1 aliphatic rings. The minimum absolute atomic E-state index is 0.166. The third-order valence-corrected chi connectivity index (χ3v) is 4.13. The summed E-state index contributed by atoms with van der Waals surface area (Å²) < 4.78 is 0.729. The molecule has 0 radical (unpaired) electrons. The summed E-state index contributed by atoms with van der Waals surface area (Å²) in [6.45, 7) is 0. The van der Waals surface area contributed by atoms with Gasteiger partial charge in [0.25, 0.3) is 5.69 Å². The van der Waals surface area contributed by atoms with E-state index in [-0.39, 0.29) is 16.1 Å². The van der Waals surface area contributed by atoms with Gasteiger partial charge in [-0.25, -0.2) is 0 Å². The highest BCUT2D eigenvalue weighted by atomic mass is 79.9. The summed E-state index contributed by atoms with van der Waals surface area (Å²) in [4.78, 5) is 10.7. The van der Waals surface area contributed by atoms with Gasteiger partial charge in [0.2, 0.25) is 0 Å². The lowest BCUT2D eigenvalue weighted by molar-refractivity contribution is -0.385. The smallest absolute Gasteiger partial charge is 0.273 e. The Hall–Kier alpha value is -0.940. The molecule has 0 spiro atoms. The first kappa shape index (κ1) is 13.5. The van der Waals surface area contributed by atoms with Crippen LogP contribution in [0.25, 0.3) is 0 Å². The SMILES string of the molecule is NC1(Cc2ccc(Br)cc2[N+](=O)[O-])CCCCC1. The molecule has 1 fully saturated rings. The fourth-order valence-electron chi connectivity index (χ4n) is 2.67. The van der Waals surface area contributed by atoms with Crippen LogP contribution in [-0.2, 0) is 6.42 Å². The van der Waals surface area contributed by atoms with Gasteiger partial charge in [-0.15, -0.1) is 0 Å². The van der Waals surface area contributed by atoms with Crippen molar-refractivity contribution in [2.24, 2.45) is 5.73 Å². The summed E-state index contributed by atoms with van der Waals surface area (Å²) in [6.07, 6.45) is 5.99. The molecule has 0 aliphatic heterocycles. The van der Waals surface area contributed by atoms with E-state index in [2.05, 4.69) is 15.9 Å². The number of rotatable bonds is 3. The Morgan fingerprint density at radius 3 is 2.61 bits per heavy atom. The van der Waals surface area contributed by atoms with E-state index in [0.29, 0.717) is 6.42 Å². The van der Waals surface area contributed by atoms with Gasteiger partial charge in [-0.3, -0.25) is 10.1 Å². The van der Waals surface area contributed by atoms with Gasteiger partial charge < -0.3 is 5.73 Å². The number of nitrogens with two attached hydrogens (primary N) is 1. The third kappa shape index (κ3) is 3.09. The predicted molar refractivity (Wildman–Crippen MR) is 74.5 cm³/mol. The normalized spacial score (nSPS) is 18.6. The fraction of sp³-hybridized carbons (Fsp3) is 0.538. The topological polar surface area (TPSA) is 69.2 Å². The first-order valence-electron chi connectivity index (χ1n) is 6.22. The van der Waals surface area contributed by atoms with Crippen molar-refractivity contribution in [1.29, 1.82) is 0 Å². The van der Waals surface area contributed by atoms with E-state index in [1.54, 1.807) is 6.07 Å². The lowest BCUT2D eigenvalue weighted by Gasteiger charge is -2.33. The van der Waals surface area contributed by atoms with Crippen molar-refractivity contribution in [2.75, 3.05) is 0 Å². The van der Waals surface area contributed by atoms with Crippen LogP contribution in [0, 0.1) is 10.1 Å². The summed E-state index contributed by atoms with van der Waals surface area (Å²) in [5.41, 5.74) is 7.01. The van der Waals surface area contributed by atoms with Crippen LogP contribution in [0.5, 0.6) is 0 Å². The predicted octanol–water partition coefficient (Wildman–Crippen LogP) is 3.56. The Kier molecular flexibility index (Phi) is 4.02. The molecule has 0 atom stereocenters. The molecular weight excluding hydrogens is 296 g/mol. The monoisotopic (exact) mass is 312 g/mol. The van der Waals surface area contributed by atoms with Crippen molar-refractivity contribution in [3.05, 3.63) is 38.3 Å². The zero-order chi connectivity index (χ0) is 13.2. The van der Waals surface area contributed by atoms with Gasteiger partial charge in [-0.2, -0.15) is 0 Å². The minimum atomic E-state index is -0.327. The van der Waals surface area contributed by atoms with Gasteiger partial charge in [0, 0.05) is 21.6 Å². The Balaban J connectivity index is 2.25. The molecule has 98 valence electrons. The molecule has 4 nitrogen and oxygen atoms in total. The van der Waals surface area contributed by atoms with Crippen LogP contribution >= 0.6 is 15.9 Å². The highest BCUT2D eigenvalue weighted by molar-refractivity contribution is 9.10. The average Bonchev–Trinajstić information content (AvgIpc) is 2.32. The van der Waals surface area contributed by atoms with Gasteiger partial charge >= 0.3 is 0 Å². The molecule has 2 N–H and O–H groups in total. The number of nitro benzene ring substituents is 1. The average molecular weight is 313 g/mol. The maximum absolute atomic E-state index is 11.1. The van der Waals surface area contributed by atoms with E-state index in [0.717, 1.165) is 35.7 Å². The Bertz CT molecular complexity index is 456. The van der Waals surface area contributed by atoms with E-state index in [1.165, 1.54) is 6.42 Å². The summed E-state index contributed by atoms with van der Waals surface area (Å²) >= 11 is 3.27. The zero-order valence-corrected chi connectivity index (χ0v) is 11.8. The second-order valence-corrected chi connectivity index (χ2v) is 6.05. The van der Waals surface area contributed by atoms with E-state index in [1.807, 2.05) is 12.1 Å². The van der Waals surface area contributed by atoms with E-state index < -0.39 is 0 Å². The second-order valence-electron chi connectivity index (χ2n) is 5.13. The molecule has 2 rings (SSSR count). The van der Waals surface area contributed by atoms with Gasteiger partial charge in [-0.05, 0) is 25.3 Å². The van der Waals surface area contributed by atoms with Crippen LogP contribution in [0.1, 0.15) is 37.7 Å². The standard InChI is InChI=1S/C13H17BrN2O2/c14-11-5-4-10(12(8-11)16(17)18)9-13(15)6-2-1-3-7-13/h4-5,8H,1-3,6-7,9,15H2. The minimum Gasteiger partial charge on any atom is -0.325 e. The quantitative estimate of drug-likeness (QED) is 0.685. The molecule has 1 aromatic rings. The van der Waals surface area contributed by atoms with Gasteiger partial charge in [0.1, 0.15) is 0 Å². The third-order valence-electron chi connectivity index (χ3n) is 3.64. The van der Waals surface area contributed by atoms with Gasteiger partial charge in [0.15, 0.2) is 0 Å². The molecule has 1 aromatic carbocycles. The summed E-state index contributed by atoms with van der Waals surface area (Å²) in [5.74, 6) is 0. The number of halogens is 1. The number of benzene rings is 1. The largest absolute Gasteiger partial charge is 0.325 e. The molecule has 0 amide bonds. The van der Waals surface area contributed by atoms with Crippen molar-refractivity contribution in [3.8, 4) is 0 Å². The van der Waals surface area contributed by atoms with Crippen LogP contribution < -0.4 is 5.73 Å². The Labute approximate surface area is 115 Å². The van der Waals surface area contributed by atoms with E-state index in [9.17, 15) is 10.1 Å². The van der Waals surface area contributed by atoms with Crippen molar-refractivity contribution in [1.82, 2.24) is 0 Å². The maximum Gasteiger partial charge on any atom is 0.273 e. The van der Waals surface area contributed by atoms with E-state index >= 15 is 0 Å². The number of hydrogen-bond acceptors (Lipinski definition) is 3. The molecule has 0 heterocycles. The van der Waals surface area contributed by atoms with Crippen molar-refractivity contribution >= 4 is 21.6 Å². The van der Waals surface area contributed by atoms with Gasteiger partial charge in [0.05, 0.1) is 4.92 Å². The highest BCUT2D eigenvalue weighted by Crippen LogP contribution is 2.32. The molecule has 1 aliphatic carbocycles. The Morgan fingerprint density at radius 1 is 1.33 bits per heavy atom. The van der Waals surface area contributed by atoms with E-state index in [4.69, 9.17) is 5.73 Å². The number of nitro groups is 1. The van der Waals surface area contributed by atoms with Crippen molar-refractivity contribution in [3.63, 3.8) is 0 Å². The van der Waals surface area contributed by atoms with Crippen LogP contribution in [0.3, 0.4) is 0 Å². The summed E-state index contributed by atoms with van der Waals surface area (Å²) in [6, 6.07) is 5.21. The van der Waals surface area contributed by atoms with Crippen molar-refractivity contribution in [2.45, 2.75) is 44.1 Å². The number of hydrogen-bond donors (Lipinski definition) is 1. The fourth-order valence-corrected chi connectivity index (χ4v) is 3.02. The summed E-state index contributed by atoms with van der Waals surface area (Å²) in [7, 11) is 0. The van der Waals surface area contributed by atoms with Crippen molar-refractivity contribution < 1.29 is 4.92 Å². The lowest BCUT2D eigenvalue weighted by atomic mass is 9.78. The lowest BCUT2D eigenvalue weighted by Crippen LogP contribution is -2.43.